The van der Waals surface area contributed by atoms with Gasteiger partial charge in [-0.05, 0) is 78.3 Å². The molecule has 14 heteroatoms. The number of carbonyl (C=O) groups excluding carboxylic acids is 1. The van der Waals surface area contributed by atoms with E-state index in [1.54, 1.807) is 6.92 Å². The van der Waals surface area contributed by atoms with E-state index >= 15 is 0 Å². The third kappa shape index (κ3) is 21.7. The molecular formula is C23H55NO7Si6. The highest BCUT2D eigenvalue weighted by Crippen LogP contribution is 2.20. The van der Waals surface area contributed by atoms with Crippen LogP contribution in [0.5, 0.6) is 0 Å². The molecule has 1 amide bonds. The van der Waals surface area contributed by atoms with Crippen molar-refractivity contribution in [2.45, 2.75) is 104 Å². The smallest absolute Gasteiger partial charge is 0.436 e. The Bertz CT molecular complexity index is 679. The summed E-state index contributed by atoms with van der Waals surface area (Å²) in [5.41, 5.74) is 0.456. The predicted molar refractivity (Wildman–Crippen MR) is 167 cm³/mol. The van der Waals surface area contributed by atoms with Gasteiger partial charge in [-0.15, -0.1) is 0 Å². The molecule has 0 aliphatic rings. The van der Waals surface area contributed by atoms with Crippen molar-refractivity contribution in [3.05, 3.63) is 12.2 Å². The van der Waals surface area contributed by atoms with E-state index in [1.807, 2.05) is 6.55 Å². The molecule has 0 rings (SSSR count). The molecule has 0 aliphatic carbocycles. The van der Waals surface area contributed by atoms with E-state index in [4.69, 9.17) is 25.9 Å². The highest BCUT2D eigenvalue weighted by atomic mass is 28.5. The molecule has 0 heterocycles. The zero-order valence-corrected chi connectivity index (χ0v) is 31.9. The van der Waals surface area contributed by atoms with Gasteiger partial charge in [0.25, 0.3) is 0 Å². The van der Waals surface area contributed by atoms with Crippen LogP contribution < -0.4 is 5.32 Å². The molecule has 0 aromatic heterocycles. The Balaban J connectivity index is 5.23. The molecule has 0 spiro atoms. The van der Waals surface area contributed by atoms with E-state index in [0.29, 0.717) is 31.6 Å². The maximum absolute atomic E-state index is 12.2. The Morgan fingerprint density at radius 2 is 1.46 bits per heavy atom. The first-order chi connectivity index (χ1) is 16.6. The van der Waals surface area contributed by atoms with Gasteiger partial charge in [0, 0.05) is 31.5 Å². The van der Waals surface area contributed by atoms with Crippen molar-refractivity contribution in [3.63, 3.8) is 0 Å². The largest absolute Gasteiger partial charge is 0.487 e. The average Bonchev–Trinajstić information content (AvgIpc) is 2.65. The Kier molecular flexibility index (Phi) is 16.6. The second kappa shape index (κ2) is 16.5. The summed E-state index contributed by atoms with van der Waals surface area (Å²) in [4.78, 5) is 12.2. The van der Waals surface area contributed by atoms with Crippen LogP contribution in [0.2, 0.25) is 84.6 Å². The Morgan fingerprint density at radius 3 is 1.89 bits per heavy atom. The molecule has 2 atom stereocenters. The van der Waals surface area contributed by atoms with Crippen molar-refractivity contribution in [3.8, 4) is 0 Å². The fraction of sp³-hybridized carbons (Fsp3) is 0.870. The Labute approximate surface area is 235 Å². The average molecular weight is 626 g/mol. The van der Waals surface area contributed by atoms with Crippen LogP contribution in [0.4, 0.5) is 0 Å². The highest BCUT2D eigenvalue weighted by Gasteiger charge is 2.42. The van der Waals surface area contributed by atoms with Crippen molar-refractivity contribution < 1.29 is 30.7 Å². The minimum atomic E-state index is -2.94. The van der Waals surface area contributed by atoms with Crippen molar-refractivity contribution in [2.75, 3.05) is 26.0 Å². The van der Waals surface area contributed by atoms with E-state index in [0.717, 1.165) is 12.5 Å². The lowest BCUT2D eigenvalue weighted by atomic mass is 10.3. The van der Waals surface area contributed by atoms with Crippen LogP contribution in [0.15, 0.2) is 12.2 Å². The van der Waals surface area contributed by atoms with E-state index in [2.05, 4.69) is 83.9 Å². The van der Waals surface area contributed by atoms with Gasteiger partial charge in [-0.2, -0.15) is 0 Å². The minimum absolute atomic E-state index is 0.198. The number of ether oxygens (including phenoxy) is 1. The van der Waals surface area contributed by atoms with Crippen LogP contribution in [-0.2, 0) is 30.7 Å². The predicted octanol–water partition coefficient (Wildman–Crippen LogP) is 5.39. The van der Waals surface area contributed by atoms with Crippen LogP contribution in [0.25, 0.3) is 0 Å². The van der Waals surface area contributed by atoms with Crippen molar-refractivity contribution in [1.29, 1.82) is 0 Å². The molecule has 0 aromatic rings. The van der Waals surface area contributed by atoms with Crippen molar-refractivity contribution in [1.82, 2.24) is 5.32 Å². The van der Waals surface area contributed by atoms with Crippen LogP contribution in [0.1, 0.15) is 13.3 Å². The second-order valence-corrected chi connectivity index (χ2v) is 34.1. The molecule has 2 radical (unpaired) electrons. The van der Waals surface area contributed by atoms with Crippen molar-refractivity contribution in [2.24, 2.45) is 0 Å². The standard InChI is InChI=1S/C23H55NO7Si6/c1-21(2)23(25)24-18-22(28-37(14,27-20-32(3)4)31-36(11,12)13)19-26-16-15-17-33(29-34(5,6)7)30-35(8,9)10/h22H,1,15-20H2,2-14H3,(H,24,25). The van der Waals surface area contributed by atoms with Gasteiger partial charge in [0.1, 0.15) is 0 Å². The van der Waals surface area contributed by atoms with Crippen LogP contribution in [0, 0.1) is 0 Å². The number of nitrogens with one attached hydrogen (secondary N) is 1. The Hall–Kier alpha value is 0.271. The Morgan fingerprint density at radius 1 is 0.919 bits per heavy atom. The second-order valence-electron chi connectivity index (χ2n) is 12.8. The molecule has 0 fully saturated rings. The number of hydrogen-bond donors (Lipinski definition) is 1. The number of amides is 1. The van der Waals surface area contributed by atoms with Gasteiger partial charge in [0.2, 0.25) is 5.91 Å². The van der Waals surface area contributed by atoms with Gasteiger partial charge in [0.05, 0.1) is 21.5 Å². The molecule has 0 aromatic carbocycles. The molecule has 218 valence electrons. The molecule has 37 heavy (non-hydrogen) atoms. The van der Waals surface area contributed by atoms with Gasteiger partial charge in [-0.25, -0.2) is 0 Å². The van der Waals surface area contributed by atoms with E-state index < -0.39 is 51.8 Å². The number of carbonyl (C=O) groups is 1. The first-order valence-electron chi connectivity index (χ1n) is 13.2. The van der Waals surface area contributed by atoms with Gasteiger partial charge >= 0.3 is 18.1 Å². The molecule has 0 bridgehead atoms. The van der Waals surface area contributed by atoms with E-state index in [1.165, 1.54) is 0 Å². The van der Waals surface area contributed by atoms with E-state index in [9.17, 15) is 4.79 Å². The van der Waals surface area contributed by atoms with Gasteiger partial charge in [-0.1, -0.05) is 19.7 Å². The summed E-state index contributed by atoms with van der Waals surface area (Å²) in [6.07, 6.45) is 1.12. The lowest BCUT2D eigenvalue weighted by Crippen LogP contribution is -2.55. The quantitative estimate of drug-likeness (QED) is 0.110. The number of hydrogen-bond acceptors (Lipinski definition) is 7. The SMILES string of the molecule is C=C(C)C(=O)NCC(COCCC[Si](O[Si](C)(C)C)O[Si](C)(C)C)O[Si](C)(OC[Si](C)C)O[Si](C)(C)C. The molecule has 1 N–H and O–H groups in total. The maximum Gasteiger partial charge on any atom is 0.487 e. The van der Waals surface area contributed by atoms with Crippen LogP contribution >= 0.6 is 0 Å². The lowest BCUT2D eigenvalue weighted by molar-refractivity contribution is -0.118. The summed E-state index contributed by atoms with van der Waals surface area (Å²) < 4.78 is 38.0. The normalized spacial score (nSPS) is 15.6. The summed E-state index contributed by atoms with van der Waals surface area (Å²) in [6.45, 7) is 32.6. The summed E-state index contributed by atoms with van der Waals surface area (Å²) in [7, 11) is -10.2. The fourth-order valence-corrected chi connectivity index (χ4v) is 18.2. The zero-order chi connectivity index (χ0) is 29.1. The van der Waals surface area contributed by atoms with E-state index in [-0.39, 0.29) is 12.0 Å². The molecule has 2 unspecified atom stereocenters. The zero-order valence-electron chi connectivity index (χ0n) is 25.9. The summed E-state index contributed by atoms with van der Waals surface area (Å²) in [6, 6.07) is 0.878. The summed E-state index contributed by atoms with van der Waals surface area (Å²) >= 11 is 0. The third-order valence-electron chi connectivity index (χ3n) is 4.19. The van der Waals surface area contributed by atoms with Gasteiger partial charge < -0.3 is 31.3 Å². The maximum atomic E-state index is 12.2. The van der Waals surface area contributed by atoms with Crippen LogP contribution in [0.3, 0.4) is 0 Å². The fourth-order valence-electron chi connectivity index (χ4n) is 3.05. The highest BCUT2D eigenvalue weighted by molar-refractivity contribution is 6.81. The summed E-state index contributed by atoms with van der Waals surface area (Å²) in [5.74, 6) is -0.198. The van der Waals surface area contributed by atoms with Gasteiger partial charge in [-0.3, -0.25) is 4.79 Å². The third-order valence-corrected chi connectivity index (χ3v) is 18.0. The molecule has 0 aliphatic heterocycles. The van der Waals surface area contributed by atoms with Crippen molar-refractivity contribution >= 4 is 57.7 Å². The molecule has 0 saturated carbocycles. The topological polar surface area (TPSA) is 84.5 Å². The van der Waals surface area contributed by atoms with Crippen LogP contribution in [-0.4, -0.2) is 89.8 Å². The molecule has 8 nitrogen and oxygen atoms in total. The first-order valence-corrected chi connectivity index (χ1v) is 29.8. The summed E-state index contributed by atoms with van der Waals surface area (Å²) in [5, 5.41) is 2.90. The molecular weight excluding hydrogens is 571 g/mol. The monoisotopic (exact) mass is 625 g/mol. The minimum Gasteiger partial charge on any atom is -0.436 e. The lowest BCUT2D eigenvalue weighted by Gasteiger charge is -2.36. The molecule has 0 saturated heterocycles. The van der Waals surface area contributed by atoms with Gasteiger partial charge in [0.15, 0.2) is 25.0 Å². The first kappa shape index (κ1) is 37.3. The number of rotatable bonds is 20.